The van der Waals surface area contributed by atoms with Gasteiger partial charge in [-0.15, -0.1) is 0 Å². The molecule has 1 N–H and O–H groups in total. The third-order valence-electron chi connectivity index (χ3n) is 3.63. The summed E-state index contributed by atoms with van der Waals surface area (Å²) < 4.78 is 35.0. The zero-order chi connectivity index (χ0) is 18.4. The average molecular weight is 356 g/mol. The molecule has 2 rings (SSSR count). The summed E-state index contributed by atoms with van der Waals surface area (Å²) in [6.45, 7) is 2.17. The first-order chi connectivity index (χ1) is 11.9. The molecule has 0 aliphatic carbocycles. The lowest BCUT2D eigenvalue weighted by atomic mass is 9.99. The Balaban J connectivity index is 2.16. The van der Waals surface area contributed by atoms with Gasteiger partial charge in [-0.1, -0.05) is 30.3 Å². The monoisotopic (exact) mass is 356 g/mol. The standard InChI is InChI=1S/C17H21FO7/c1-10(19)22-9-13-15(23-8-12-6-4-3-5-7-12)16(24-11(2)20)14(18)17(21)25-13/h3-7,13-17,21H,8-9H2,1-2H3/t13-,14-,15-,16-,17?/m1/s1. The van der Waals surface area contributed by atoms with Crippen LogP contribution in [-0.2, 0) is 35.1 Å². The quantitative estimate of drug-likeness (QED) is 0.764. The van der Waals surface area contributed by atoms with Gasteiger partial charge < -0.3 is 24.1 Å². The summed E-state index contributed by atoms with van der Waals surface area (Å²) in [5, 5.41) is 9.72. The fourth-order valence-electron chi connectivity index (χ4n) is 2.51. The lowest BCUT2D eigenvalue weighted by Crippen LogP contribution is -2.59. The maximum Gasteiger partial charge on any atom is 0.303 e. The topological polar surface area (TPSA) is 91.3 Å². The Kier molecular flexibility index (Phi) is 6.86. The predicted octanol–water partition coefficient (Wildman–Crippen LogP) is 1.12. The number of esters is 2. The summed E-state index contributed by atoms with van der Waals surface area (Å²) >= 11 is 0. The Morgan fingerprint density at radius 3 is 2.44 bits per heavy atom. The SMILES string of the molecule is CC(=O)OC[C@H]1OC(O)[C@H](F)[C@@H](OC(C)=O)[C@@H]1OCc1ccccc1. The number of halogens is 1. The molecule has 0 saturated carbocycles. The van der Waals surface area contributed by atoms with Gasteiger partial charge in [0.05, 0.1) is 6.61 Å². The molecule has 7 nitrogen and oxygen atoms in total. The molecular weight excluding hydrogens is 335 g/mol. The Hall–Kier alpha value is -2.03. The van der Waals surface area contributed by atoms with Gasteiger partial charge in [0.1, 0.15) is 18.8 Å². The molecule has 1 aliphatic rings. The van der Waals surface area contributed by atoms with Crippen LogP contribution in [0.25, 0.3) is 0 Å². The van der Waals surface area contributed by atoms with Crippen molar-refractivity contribution >= 4 is 11.9 Å². The van der Waals surface area contributed by atoms with Gasteiger partial charge in [0, 0.05) is 13.8 Å². The van der Waals surface area contributed by atoms with Crippen molar-refractivity contribution in [2.24, 2.45) is 0 Å². The molecule has 1 aromatic carbocycles. The zero-order valence-electron chi connectivity index (χ0n) is 14.0. The molecule has 1 saturated heterocycles. The highest BCUT2D eigenvalue weighted by Crippen LogP contribution is 2.28. The number of rotatable bonds is 6. The Labute approximate surface area is 144 Å². The van der Waals surface area contributed by atoms with Crippen molar-refractivity contribution in [1.29, 1.82) is 0 Å². The molecule has 0 spiro atoms. The van der Waals surface area contributed by atoms with Gasteiger partial charge in [-0.05, 0) is 5.56 Å². The van der Waals surface area contributed by atoms with Crippen LogP contribution in [0.1, 0.15) is 19.4 Å². The smallest absolute Gasteiger partial charge is 0.303 e. The normalized spacial score (nSPS) is 29.0. The Morgan fingerprint density at radius 1 is 1.16 bits per heavy atom. The van der Waals surface area contributed by atoms with Crippen LogP contribution >= 0.6 is 0 Å². The van der Waals surface area contributed by atoms with Gasteiger partial charge >= 0.3 is 11.9 Å². The molecule has 138 valence electrons. The van der Waals surface area contributed by atoms with E-state index in [1.165, 1.54) is 6.92 Å². The molecule has 0 aromatic heterocycles. The van der Waals surface area contributed by atoms with E-state index in [0.29, 0.717) is 0 Å². The number of aliphatic hydroxyl groups is 1. The van der Waals surface area contributed by atoms with Crippen LogP contribution in [0.15, 0.2) is 30.3 Å². The second kappa shape index (κ2) is 8.89. The number of benzene rings is 1. The van der Waals surface area contributed by atoms with Gasteiger partial charge in [-0.25, -0.2) is 4.39 Å². The minimum Gasteiger partial charge on any atom is -0.463 e. The van der Waals surface area contributed by atoms with Gasteiger partial charge in [0.2, 0.25) is 0 Å². The van der Waals surface area contributed by atoms with Crippen molar-refractivity contribution in [3.05, 3.63) is 35.9 Å². The van der Waals surface area contributed by atoms with E-state index in [4.69, 9.17) is 18.9 Å². The molecule has 8 heteroatoms. The predicted molar refractivity (Wildman–Crippen MR) is 83.0 cm³/mol. The highest BCUT2D eigenvalue weighted by atomic mass is 19.1. The first-order valence-corrected chi connectivity index (χ1v) is 7.82. The van der Waals surface area contributed by atoms with E-state index < -0.39 is 42.7 Å². The fraction of sp³-hybridized carbons (Fsp3) is 0.529. The minimum atomic E-state index is -1.99. The molecule has 0 radical (unpaired) electrons. The van der Waals surface area contributed by atoms with Crippen molar-refractivity contribution in [1.82, 2.24) is 0 Å². The summed E-state index contributed by atoms with van der Waals surface area (Å²) in [5.41, 5.74) is 0.817. The summed E-state index contributed by atoms with van der Waals surface area (Å²) in [6.07, 6.45) is -7.23. The number of alkyl halides is 1. The van der Waals surface area contributed by atoms with Crippen LogP contribution in [0, 0.1) is 0 Å². The molecule has 1 heterocycles. The van der Waals surface area contributed by atoms with E-state index in [1.807, 2.05) is 30.3 Å². The molecule has 1 fully saturated rings. The van der Waals surface area contributed by atoms with Gasteiger partial charge in [0.15, 0.2) is 18.6 Å². The second-order valence-corrected chi connectivity index (χ2v) is 5.65. The summed E-state index contributed by atoms with van der Waals surface area (Å²) in [5.74, 6) is -1.28. The highest BCUT2D eigenvalue weighted by molar-refractivity contribution is 5.66. The largest absolute Gasteiger partial charge is 0.463 e. The summed E-state index contributed by atoms with van der Waals surface area (Å²) in [4.78, 5) is 22.3. The van der Waals surface area contributed by atoms with Crippen LogP contribution < -0.4 is 0 Å². The molecule has 0 amide bonds. The first-order valence-electron chi connectivity index (χ1n) is 7.82. The average Bonchev–Trinajstić information content (AvgIpc) is 2.57. The molecule has 1 aliphatic heterocycles. The van der Waals surface area contributed by atoms with Crippen LogP contribution in [0.3, 0.4) is 0 Å². The maximum absolute atomic E-state index is 14.3. The van der Waals surface area contributed by atoms with Crippen LogP contribution in [0.5, 0.6) is 0 Å². The number of carbonyl (C=O) groups is 2. The highest BCUT2D eigenvalue weighted by Gasteiger charge is 2.49. The van der Waals surface area contributed by atoms with Crippen molar-refractivity contribution in [3.8, 4) is 0 Å². The fourth-order valence-corrected chi connectivity index (χ4v) is 2.51. The molecule has 1 unspecified atom stereocenters. The van der Waals surface area contributed by atoms with E-state index in [9.17, 15) is 19.1 Å². The Bertz CT molecular complexity index is 580. The number of hydrogen-bond acceptors (Lipinski definition) is 7. The molecular formula is C17H21FO7. The zero-order valence-corrected chi connectivity index (χ0v) is 14.0. The third kappa shape index (κ3) is 5.48. The number of aliphatic hydroxyl groups excluding tert-OH is 1. The second-order valence-electron chi connectivity index (χ2n) is 5.65. The van der Waals surface area contributed by atoms with Crippen LogP contribution in [0.4, 0.5) is 4.39 Å². The van der Waals surface area contributed by atoms with Gasteiger partial charge in [0.25, 0.3) is 0 Å². The summed E-state index contributed by atoms with van der Waals surface area (Å²) in [6, 6.07) is 9.10. The first kappa shape index (κ1) is 19.3. The van der Waals surface area contributed by atoms with Crippen molar-refractivity contribution in [2.45, 2.75) is 51.2 Å². The number of carbonyl (C=O) groups excluding carboxylic acids is 2. The van der Waals surface area contributed by atoms with Gasteiger partial charge in [-0.3, -0.25) is 9.59 Å². The molecule has 5 atom stereocenters. The maximum atomic E-state index is 14.3. The van der Waals surface area contributed by atoms with Gasteiger partial charge in [-0.2, -0.15) is 0 Å². The van der Waals surface area contributed by atoms with Crippen LogP contribution in [0.2, 0.25) is 0 Å². The van der Waals surface area contributed by atoms with E-state index in [1.54, 1.807) is 0 Å². The number of hydrogen-bond donors (Lipinski definition) is 1. The molecule has 25 heavy (non-hydrogen) atoms. The summed E-state index contributed by atoms with van der Waals surface area (Å²) in [7, 11) is 0. The van der Waals surface area contributed by atoms with E-state index in [2.05, 4.69) is 0 Å². The van der Waals surface area contributed by atoms with Crippen molar-refractivity contribution in [3.63, 3.8) is 0 Å². The lowest BCUT2D eigenvalue weighted by molar-refractivity contribution is -0.285. The Morgan fingerprint density at radius 2 is 1.84 bits per heavy atom. The van der Waals surface area contributed by atoms with Crippen molar-refractivity contribution < 1.29 is 38.0 Å². The molecule has 1 aromatic rings. The lowest BCUT2D eigenvalue weighted by Gasteiger charge is -2.40. The number of ether oxygens (including phenoxy) is 4. The van der Waals surface area contributed by atoms with E-state index >= 15 is 0 Å². The van der Waals surface area contributed by atoms with Crippen molar-refractivity contribution in [2.75, 3.05) is 6.61 Å². The minimum absolute atomic E-state index is 0.103. The van der Waals surface area contributed by atoms with E-state index in [0.717, 1.165) is 12.5 Å². The van der Waals surface area contributed by atoms with E-state index in [-0.39, 0.29) is 13.2 Å². The third-order valence-corrected chi connectivity index (χ3v) is 3.63. The van der Waals surface area contributed by atoms with Crippen LogP contribution in [-0.4, -0.2) is 54.4 Å². The molecule has 0 bridgehead atoms.